The van der Waals surface area contributed by atoms with E-state index in [-0.39, 0.29) is 5.91 Å². The molecule has 0 fully saturated rings. The van der Waals surface area contributed by atoms with Crippen LogP contribution in [0, 0.1) is 0 Å². The molecule has 0 aromatic carbocycles. The van der Waals surface area contributed by atoms with Crippen molar-refractivity contribution in [1.29, 1.82) is 0 Å². The molecule has 0 rings (SSSR count). The first kappa shape index (κ1) is 19.7. The predicted octanol–water partition coefficient (Wildman–Crippen LogP) is 0.704. The number of hydrogen-bond donors (Lipinski definition) is 1. The van der Waals surface area contributed by atoms with E-state index in [2.05, 4.69) is 29.2 Å². The maximum atomic E-state index is 12.1. The Kier molecular flexibility index (Phi) is 10.7. The normalized spacial score (nSPS) is 11.7. The number of nitrogens with one attached hydrogen (secondary N) is 1. The van der Waals surface area contributed by atoms with Crippen LogP contribution in [0.5, 0.6) is 0 Å². The summed E-state index contributed by atoms with van der Waals surface area (Å²) in [5.41, 5.74) is 0. The molecule has 0 heterocycles. The monoisotopic (exact) mass is 299 g/mol. The van der Waals surface area contributed by atoms with Crippen LogP contribution >= 0.6 is 0 Å². The average Bonchev–Trinajstić information content (AvgIpc) is 2.47. The second-order valence-electron chi connectivity index (χ2n) is 5.05. The highest BCUT2D eigenvalue weighted by atomic mass is 16.2. The molecule has 6 nitrogen and oxygen atoms in total. The van der Waals surface area contributed by atoms with Crippen LogP contribution in [-0.2, 0) is 4.79 Å². The number of aliphatic imine (C=N–C) groups is 1. The minimum atomic E-state index is 0.138. The summed E-state index contributed by atoms with van der Waals surface area (Å²) in [6, 6.07) is 0. The van der Waals surface area contributed by atoms with Gasteiger partial charge in [-0.2, -0.15) is 0 Å². The van der Waals surface area contributed by atoms with Gasteiger partial charge in [0.05, 0.1) is 13.1 Å². The Bertz CT molecular complexity index is 315. The Morgan fingerprint density at radius 2 is 1.67 bits per heavy atom. The molecule has 0 aliphatic heterocycles. The van der Waals surface area contributed by atoms with Crippen molar-refractivity contribution in [2.75, 3.05) is 59.9 Å². The first-order valence-electron chi connectivity index (χ1n) is 7.95. The van der Waals surface area contributed by atoms with Gasteiger partial charge in [-0.1, -0.05) is 6.92 Å². The Labute approximate surface area is 130 Å². The first-order valence-corrected chi connectivity index (χ1v) is 7.95. The molecule has 6 heteroatoms. The van der Waals surface area contributed by atoms with E-state index in [4.69, 9.17) is 0 Å². The zero-order chi connectivity index (χ0) is 16.3. The van der Waals surface area contributed by atoms with Crippen molar-refractivity contribution in [2.24, 2.45) is 4.99 Å². The molecule has 0 bridgehead atoms. The van der Waals surface area contributed by atoms with Gasteiger partial charge < -0.3 is 20.0 Å². The number of hydrogen-bond acceptors (Lipinski definition) is 3. The molecule has 0 radical (unpaired) electrons. The van der Waals surface area contributed by atoms with Crippen LogP contribution in [-0.4, -0.2) is 86.5 Å². The average molecular weight is 299 g/mol. The fraction of sp³-hybridized carbons (Fsp3) is 0.867. The van der Waals surface area contributed by atoms with E-state index in [0.717, 1.165) is 45.2 Å². The van der Waals surface area contributed by atoms with Crippen LogP contribution in [0.1, 0.15) is 27.7 Å². The molecule has 0 saturated heterocycles. The van der Waals surface area contributed by atoms with Crippen LogP contribution in [0.4, 0.5) is 0 Å². The zero-order valence-corrected chi connectivity index (χ0v) is 14.6. The molecule has 0 unspecified atom stereocenters. The van der Waals surface area contributed by atoms with Crippen molar-refractivity contribution < 1.29 is 4.79 Å². The van der Waals surface area contributed by atoms with Gasteiger partial charge in [0.1, 0.15) is 0 Å². The highest BCUT2D eigenvalue weighted by Crippen LogP contribution is 1.94. The molecule has 124 valence electrons. The molecule has 0 spiro atoms. The largest absolute Gasteiger partial charge is 0.357 e. The maximum Gasteiger partial charge on any atom is 0.242 e. The summed E-state index contributed by atoms with van der Waals surface area (Å²) in [5, 5.41) is 3.24. The lowest BCUT2D eigenvalue weighted by Crippen LogP contribution is -2.45. The third kappa shape index (κ3) is 7.90. The number of nitrogens with zero attached hydrogens (tertiary/aromatic N) is 4. The third-order valence-corrected chi connectivity index (χ3v) is 3.47. The smallest absolute Gasteiger partial charge is 0.242 e. The van der Waals surface area contributed by atoms with Gasteiger partial charge in [-0.3, -0.25) is 9.79 Å². The third-order valence-electron chi connectivity index (χ3n) is 3.47. The molecule has 0 aliphatic rings. The molecule has 1 amide bonds. The number of likely N-dealkylation sites (N-methyl/N-ethyl adjacent to an activating group) is 3. The van der Waals surface area contributed by atoms with Gasteiger partial charge in [0, 0.05) is 33.2 Å². The SMILES string of the molecule is CCNC(=NCCN(C)CC)N(C)CC(=O)N(CC)CC. The molecule has 1 N–H and O–H groups in total. The van der Waals surface area contributed by atoms with Gasteiger partial charge in [0.25, 0.3) is 0 Å². The van der Waals surface area contributed by atoms with E-state index in [1.54, 1.807) is 0 Å². The van der Waals surface area contributed by atoms with Crippen LogP contribution in [0.2, 0.25) is 0 Å². The summed E-state index contributed by atoms with van der Waals surface area (Å²) in [6.07, 6.45) is 0. The standard InChI is InChI=1S/C15H33N5O/c1-7-16-15(17-11-12-18(5)8-2)19(6)13-14(21)20(9-3)10-4/h7-13H2,1-6H3,(H,16,17). The topological polar surface area (TPSA) is 51.2 Å². The van der Waals surface area contributed by atoms with E-state index in [1.807, 2.05) is 37.6 Å². The maximum absolute atomic E-state index is 12.1. The lowest BCUT2D eigenvalue weighted by Gasteiger charge is -2.25. The molecule has 0 atom stereocenters. The first-order chi connectivity index (χ1) is 9.99. The van der Waals surface area contributed by atoms with E-state index < -0.39 is 0 Å². The predicted molar refractivity (Wildman–Crippen MR) is 89.7 cm³/mol. The quantitative estimate of drug-likeness (QED) is 0.503. The summed E-state index contributed by atoms with van der Waals surface area (Å²) in [4.78, 5) is 22.7. The molecule has 0 aliphatic carbocycles. The lowest BCUT2D eigenvalue weighted by atomic mass is 10.4. The van der Waals surface area contributed by atoms with Crippen molar-refractivity contribution in [3.63, 3.8) is 0 Å². The second kappa shape index (κ2) is 11.4. The fourth-order valence-electron chi connectivity index (χ4n) is 1.91. The van der Waals surface area contributed by atoms with Gasteiger partial charge in [-0.25, -0.2) is 0 Å². The molecule has 0 saturated carbocycles. The lowest BCUT2D eigenvalue weighted by molar-refractivity contribution is -0.131. The van der Waals surface area contributed by atoms with Crippen LogP contribution in [0.25, 0.3) is 0 Å². The molecule has 21 heavy (non-hydrogen) atoms. The number of amides is 1. The number of guanidine groups is 1. The van der Waals surface area contributed by atoms with E-state index in [9.17, 15) is 4.79 Å². The summed E-state index contributed by atoms with van der Waals surface area (Å²) >= 11 is 0. The zero-order valence-electron chi connectivity index (χ0n) is 14.6. The Morgan fingerprint density at radius 1 is 1.05 bits per heavy atom. The summed E-state index contributed by atoms with van der Waals surface area (Å²) < 4.78 is 0. The van der Waals surface area contributed by atoms with Crippen molar-refractivity contribution in [2.45, 2.75) is 27.7 Å². The Hall–Kier alpha value is -1.30. The highest BCUT2D eigenvalue weighted by molar-refractivity contribution is 5.86. The van der Waals surface area contributed by atoms with E-state index in [1.165, 1.54) is 0 Å². The van der Waals surface area contributed by atoms with Gasteiger partial charge in [0.15, 0.2) is 5.96 Å². The number of rotatable bonds is 9. The van der Waals surface area contributed by atoms with Gasteiger partial charge in [0.2, 0.25) is 5.91 Å². The van der Waals surface area contributed by atoms with Gasteiger partial charge in [-0.05, 0) is 34.4 Å². The van der Waals surface area contributed by atoms with Crippen molar-refractivity contribution in [1.82, 2.24) is 20.0 Å². The van der Waals surface area contributed by atoms with Crippen molar-refractivity contribution in [3.05, 3.63) is 0 Å². The van der Waals surface area contributed by atoms with Crippen molar-refractivity contribution in [3.8, 4) is 0 Å². The van der Waals surface area contributed by atoms with E-state index in [0.29, 0.717) is 6.54 Å². The molecule has 0 aromatic rings. The van der Waals surface area contributed by atoms with Crippen LogP contribution in [0.15, 0.2) is 4.99 Å². The Morgan fingerprint density at radius 3 is 2.14 bits per heavy atom. The minimum absolute atomic E-state index is 0.138. The van der Waals surface area contributed by atoms with Gasteiger partial charge in [-0.15, -0.1) is 0 Å². The number of carbonyl (C=O) groups is 1. The fourth-order valence-corrected chi connectivity index (χ4v) is 1.91. The summed E-state index contributed by atoms with van der Waals surface area (Å²) in [5.74, 6) is 0.932. The summed E-state index contributed by atoms with van der Waals surface area (Å²) in [6.45, 7) is 13.5. The number of carbonyl (C=O) groups excluding carboxylic acids is 1. The Balaban J connectivity index is 4.56. The van der Waals surface area contributed by atoms with Crippen LogP contribution < -0.4 is 5.32 Å². The molecular weight excluding hydrogens is 266 g/mol. The summed E-state index contributed by atoms with van der Waals surface area (Å²) in [7, 11) is 3.99. The van der Waals surface area contributed by atoms with E-state index >= 15 is 0 Å². The molecule has 0 aromatic heterocycles. The molecular formula is C15H33N5O. The van der Waals surface area contributed by atoms with Crippen LogP contribution in [0.3, 0.4) is 0 Å². The minimum Gasteiger partial charge on any atom is -0.357 e. The van der Waals surface area contributed by atoms with Gasteiger partial charge >= 0.3 is 0 Å². The second-order valence-corrected chi connectivity index (χ2v) is 5.05. The van der Waals surface area contributed by atoms with Crippen molar-refractivity contribution >= 4 is 11.9 Å². The highest BCUT2D eigenvalue weighted by Gasteiger charge is 2.14.